The molecule has 6 nitrogen and oxygen atoms in total. The van der Waals surface area contributed by atoms with Gasteiger partial charge in [-0.3, -0.25) is 14.5 Å². The van der Waals surface area contributed by atoms with Crippen molar-refractivity contribution in [2.45, 2.75) is 6.92 Å². The SMILES string of the molecule is CNC(=O)CN1CCN(C(=O)c2cc(C)ccc2O)CC1. The van der Waals surface area contributed by atoms with Crippen LogP contribution < -0.4 is 5.32 Å². The largest absolute Gasteiger partial charge is 0.507 e. The molecule has 0 bridgehead atoms. The van der Waals surface area contributed by atoms with Crippen LogP contribution in [0.1, 0.15) is 15.9 Å². The van der Waals surface area contributed by atoms with Crippen molar-refractivity contribution in [2.75, 3.05) is 39.8 Å². The summed E-state index contributed by atoms with van der Waals surface area (Å²) < 4.78 is 0. The molecule has 0 radical (unpaired) electrons. The Balaban J connectivity index is 1.97. The number of benzene rings is 1. The van der Waals surface area contributed by atoms with Gasteiger partial charge in [-0.2, -0.15) is 0 Å². The number of amides is 2. The number of likely N-dealkylation sites (N-methyl/N-ethyl adjacent to an activating group) is 1. The molecule has 0 unspecified atom stereocenters. The van der Waals surface area contributed by atoms with Crippen LogP contribution >= 0.6 is 0 Å². The Labute approximate surface area is 124 Å². The minimum atomic E-state index is -0.157. The van der Waals surface area contributed by atoms with Gasteiger partial charge in [0.25, 0.3) is 5.91 Å². The quantitative estimate of drug-likeness (QED) is 0.835. The highest BCUT2D eigenvalue weighted by molar-refractivity contribution is 5.97. The molecule has 0 spiro atoms. The smallest absolute Gasteiger partial charge is 0.257 e. The Kier molecular flexibility index (Phi) is 4.80. The van der Waals surface area contributed by atoms with E-state index in [1.807, 2.05) is 11.8 Å². The van der Waals surface area contributed by atoms with E-state index in [4.69, 9.17) is 0 Å². The van der Waals surface area contributed by atoms with Crippen LogP contribution in [0.5, 0.6) is 5.75 Å². The van der Waals surface area contributed by atoms with Gasteiger partial charge in [-0.15, -0.1) is 0 Å². The highest BCUT2D eigenvalue weighted by atomic mass is 16.3. The molecule has 0 aliphatic carbocycles. The molecule has 21 heavy (non-hydrogen) atoms. The van der Waals surface area contributed by atoms with Crippen LogP contribution in [-0.4, -0.2) is 66.5 Å². The number of piperazine rings is 1. The zero-order chi connectivity index (χ0) is 15.4. The van der Waals surface area contributed by atoms with Gasteiger partial charge in [-0.05, 0) is 19.1 Å². The van der Waals surface area contributed by atoms with E-state index >= 15 is 0 Å². The van der Waals surface area contributed by atoms with E-state index in [0.29, 0.717) is 38.3 Å². The first-order valence-corrected chi connectivity index (χ1v) is 7.03. The van der Waals surface area contributed by atoms with Crippen LogP contribution in [0.3, 0.4) is 0 Å². The van der Waals surface area contributed by atoms with E-state index in [9.17, 15) is 14.7 Å². The van der Waals surface area contributed by atoms with Crippen molar-refractivity contribution < 1.29 is 14.7 Å². The number of aromatic hydroxyl groups is 1. The second kappa shape index (κ2) is 6.58. The fourth-order valence-electron chi connectivity index (χ4n) is 2.38. The molecule has 0 saturated carbocycles. The average molecular weight is 291 g/mol. The number of nitrogens with zero attached hydrogens (tertiary/aromatic N) is 2. The monoisotopic (exact) mass is 291 g/mol. The van der Waals surface area contributed by atoms with Crippen LogP contribution in [0.2, 0.25) is 0 Å². The van der Waals surface area contributed by atoms with Gasteiger partial charge in [0.1, 0.15) is 5.75 Å². The molecule has 1 aromatic carbocycles. The topological polar surface area (TPSA) is 72.9 Å². The van der Waals surface area contributed by atoms with Crippen molar-refractivity contribution in [1.82, 2.24) is 15.1 Å². The van der Waals surface area contributed by atoms with Crippen molar-refractivity contribution in [3.8, 4) is 5.75 Å². The molecule has 1 aliphatic rings. The van der Waals surface area contributed by atoms with Crippen LogP contribution in [0, 0.1) is 6.92 Å². The van der Waals surface area contributed by atoms with Crippen LogP contribution in [0.25, 0.3) is 0 Å². The first-order chi connectivity index (χ1) is 10.0. The molecular weight excluding hydrogens is 270 g/mol. The average Bonchev–Trinajstić information content (AvgIpc) is 2.49. The molecule has 1 fully saturated rings. The zero-order valence-corrected chi connectivity index (χ0v) is 12.4. The maximum atomic E-state index is 12.4. The lowest BCUT2D eigenvalue weighted by molar-refractivity contribution is -0.122. The Morgan fingerprint density at radius 3 is 2.52 bits per heavy atom. The molecule has 0 aromatic heterocycles. The first-order valence-electron chi connectivity index (χ1n) is 7.03. The third-order valence-electron chi connectivity index (χ3n) is 3.69. The molecule has 1 aromatic rings. The van der Waals surface area contributed by atoms with Crippen LogP contribution in [0.15, 0.2) is 18.2 Å². The summed E-state index contributed by atoms with van der Waals surface area (Å²) in [4.78, 5) is 27.5. The summed E-state index contributed by atoms with van der Waals surface area (Å²) in [7, 11) is 1.61. The standard InChI is InChI=1S/C15H21N3O3/c1-11-3-4-13(19)12(9-11)15(21)18-7-5-17(6-8-18)10-14(20)16-2/h3-4,9,19H,5-8,10H2,1-2H3,(H,16,20). The third kappa shape index (κ3) is 3.72. The van der Waals surface area contributed by atoms with E-state index in [0.717, 1.165) is 5.56 Å². The van der Waals surface area contributed by atoms with E-state index in [1.54, 1.807) is 30.1 Å². The second-order valence-electron chi connectivity index (χ2n) is 5.26. The van der Waals surface area contributed by atoms with Crippen molar-refractivity contribution in [2.24, 2.45) is 0 Å². The minimum absolute atomic E-state index is 0.0124. The lowest BCUT2D eigenvalue weighted by atomic mass is 10.1. The van der Waals surface area contributed by atoms with E-state index in [1.165, 1.54) is 0 Å². The van der Waals surface area contributed by atoms with Gasteiger partial charge in [-0.1, -0.05) is 11.6 Å². The number of rotatable bonds is 3. The molecule has 1 saturated heterocycles. The van der Waals surface area contributed by atoms with Crippen molar-refractivity contribution in [3.63, 3.8) is 0 Å². The Morgan fingerprint density at radius 2 is 1.90 bits per heavy atom. The number of nitrogens with one attached hydrogen (secondary N) is 1. The number of hydrogen-bond donors (Lipinski definition) is 2. The number of hydrogen-bond acceptors (Lipinski definition) is 4. The van der Waals surface area contributed by atoms with Crippen molar-refractivity contribution in [3.05, 3.63) is 29.3 Å². The minimum Gasteiger partial charge on any atom is -0.507 e. The fourth-order valence-corrected chi connectivity index (χ4v) is 2.38. The van der Waals surface area contributed by atoms with Gasteiger partial charge in [0.15, 0.2) is 0 Å². The Bertz CT molecular complexity index is 537. The summed E-state index contributed by atoms with van der Waals surface area (Å²) in [6.45, 7) is 4.68. The summed E-state index contributed by atoms with van der Waals surface area (Å²) in [5, 5.41) is 12.4. The van der Waals surface area contributed by atoms with Gasteiger partial charge in [0, 0.05) is 33.2 Å². The lowest BCUT2D eigenvalue weighted by Crippen LogP contribution is -2.50. The number of phenols is 1. The molecule has 1 aliphatic heterocycles. The van der Waals surface area contributed by atoms with Gasteiger partial charge < -0.3 is 15.3 Å². The summed E-state index contributed by atoms with van der Waals surface area (Å²) in [6.07, 6.45) is 0. The van der Waals surface area contributed by atoms with E-state index in [2.05, 4.69) is 5.32 Å². The van der Waals surface area contributed by atoms with E-state index < -0.39 is 0 Å². The van der Waals surface area contributed by atoms with Gasteiger partial charge in [-0.25, -0.2) is 0 Å². The summed E-state index contributed by atoms with van der Waals surface area (Å²) in [5.74, 6) is -0.166. The van der Waals surface area contributed by atoms with Crippen molar-refractivity contribution >= 4 is 11.8 Å². The molecule has 2 amide bonds. The molecule has 2 rings (SSSR count). The maximum Gasteiger partial charge on any atom is 0.257 e. The zero-order valence-electron chi connectivity index (χ0n) is 12.4. The van der Waals surface area contributed by atoms with Crippen molar-refractivity contribution in [1.29, 1.82) is 0 Å². The second-order valence-corrected chi connectivity index (χ2v) is 5.26. The van der Waals surface area contributed by atoms with Gasteiger partial charge in [0.2, 0.25) is 5.91 Å². The highest BCUT2D eigenvalue weighted by Crippen LogP contribution is 2.20. The maximum absolute atomic E-state index is 12.4. The normalized spacial score (nSPS) is 15.8. The Hall–Kier alpha value is -2.08. The molecule has 114 valence electrons. The van der Waals surface area contributed by atoms with Gasteiger partial charge >= 0.3 is 0 Å². The predicted molar refractivity (Wildman–Crippen MR) is 79.3 cm³/mol. The molecule has 1 heterocycles. The first kappa shape index (κ1) is 15.3. The number of aryl methyl sites for hydroxylation is 1. The van der Waals surface area contributed by atoms with E-state index in [-0.39, 0.29) is 17.6 Å². The number of carbonyl (C=O) groups is 2. The van der Waals surface area contributed by atoms with Gasteiger partial charge in [0.05, 0.1) is 12.1 Å². The highest BCUT2D eigenvalue weighted by Gasteiger charge is 2.24. The fraction of sp³-hybridized carbons (Fsp3) is 0.467. The lowest BCUT2D eigenvalue weighted by Gasteiger charge is -2.34. The molecule has 2 N–H and O–H groups in total. The Morgan fingerprint density at radius 1 is 1.24 bits per heavy atom. The number of phenolic OH excluding ortho intramolecular Hbond substituents is 1. The summed E-state index contributed by atoms with van der Waals surface area (Å²) in [5.41, 5.74) is 1.28. The summed E-state index contributed by atoms with van der Waals surface area (Å²) >= 11 is 0. The molecule has 6 heteroatoms. The van der Waals surface area contributed by atoms with Crippen LogP contribution in [0.4, 0.5) is 0 Å². The van der Waals surface area contributed by atoms with Crippen LogP contribution in [-0.2, 0) is 4.79 Å². The summed E-state index contributed by atoms with van der Waals surface area (Å²) in [6, 6.07) is 5.02. The predicted octanol–water partition coefficient (Wildman–Crippen LogP) is 0.204. The molecule has 0 atom stereocenters. The molecular formula is C15H21N3O3. The third-order valence-corrected chi connectivity index (χ3v) is 3.69. The number of carbonyl (C=O) groups excluding carboxylic acids is 2.